The van der Waals surface area contributed by atoms with Crippen molar-refractivity contribution in [1.82, 2.24) is 0 Å². The van der Waals surface area contributed by atoms with Crippen molar-refractivity contribution >= 4 is 0 Å². The van der Waals surface area contributed by atoms with Gasteiger partial charge in [-0.2, -0.15) is 0 Å². The van der Waals surface area contributed by atoms with E-state index in [-0.39, 0.29) is 5.60 Å². The van der Waals surface area contributed by atoms with Crippen molar-refractivity contribution < 1.29 is 9.84 Å². The lowest BCUT2D eigenvalue weighted by Gasteiger charge is -2.39. The molecule has 0 bridgehead atoms. The Morgan fingerprint density at radius 2 is 1.87 bits per heavy atom. The van der Waals surface area contributed by atoms with Gasteiger partial charge in [0, 0.05) is 0 Å². The predicted molar refractivity (Wildman–Crippen MR) is 62.6 cm³/mol. The molecule has 15 heavy (non-hydrogen) atoms. The molecule has 1 saturated carbocycles. The fraction of sp³-hybridized carbons (Fsp3) is 1.00. The van der Waals surface area contributed by atoms with Crippen LogP contribution in [0.5, 0.6) is 0 Å². The summed E-state index contributed by atoms with van der Waals surface area (Å²) in [7, 11) is 0. The van der Waals surface area contributed by atoms with Gasteiger partial charge in [0.05, 0.1) is 5.60 Å². The average Bonchev–Trinajstić information content (AvgIpc) is 2.17. The zero-order valence-electron chi connectivity index (χ0n) is 10.6. The second kappa shape index (κ2) is 5.31. The first-order valence-corrected chi connectivity index (χ1v) is 6.33. The maximum absolute atomic E-state index is 9.53. The Hall–Kier alpha value is -0.0800. The zero-order valence-corrected chi connectivity index (χ0v) is 10.6. The molecule has 90 valence electrons. The van der Waals surface area contributed by atoms with E-state index in [0.29, 0.717) is 6.42 Å². The molecule has 1 aliphatic carbocycles. The number of rotatable bonds is 4. The Balaban J connectivity index is 2.40. The van der Waals surface area contributed by atoms with Crippen LogP contribution in [-0.4, -0.2) is 17.0 Å². The van der Waals surface area contributed by atoms with Gasteiger partial charge < -0.3 is 9.84 Å². The van der Waals surface area contributed by atoms with Gasteiger partial charge in [-0.05, 0) is 50.9 Å². The highest BCUT2D eigenvalue weighted by molar-refractivity contribution is 4.84. The van der Waals surface area contributed by atoms with E-state index in [9.17, 15) is 5.11 Å². The molecule has 0 aromatic rings. The van der Waals surface area contributed by atoms with Crippen LogP contribution in [0, 0.1) is 11.8 Å². The van der Waals surface area contributed by atoms with Crippen molar-refractivity contribution in [3.8, 4) is 0 Å². The maximum Gasteiger partial charge on any atom is 0.155 e. The van der Waals surface area contributed by atoms with E-state index in [1.54, 1.807) is 0 Å². The van der Waals surface area contributed by atoms with Crippen LogP contribution < -0.4 is 0 Å². The van der Waals surface area contributed by atoms with Gasteiger partial charge in [0.2, 0.25) is 0 Å². The Labute approximate surface area is 94.0 Å². The number of hydrogen-bond donors (Lipinski definition) is 1. The van der Waals surface area contributed by atoms with Crippen molar-refractivity contribution in [1.29, 1.82) is 0 Å². The van der Waals surface area contributed by atoms with Crippen molar-refractivity contribution in [3.05, 3.63) is 0 Å². The molecule has 1 fully saturated rings. The molecular weight excluding hydrogens is 188 g/mol. The van der Waals surface area contributed by atoms with Gasteiger partial charge in [0.15, 0.2) is 6.29 Å². The average molecular weight is 214 g/mol. The molecule has 1 N–H and O–H groups in total. The molecule has 1 atom stereocenters. The van der Waals surface area contributed by atoms with E-state index in [4.69, 9.17) is 4.74 Å². The first-order valence-electron chi connectivity index (χ1n) is 6.33. The van der Waals surface area contributed by atoms with Crippen LogP contribution in [0.3, 0.4) is 0 Å². The fourth-order valence-electron chi connectivity index (χ4n) is 2.45. The molecule has 0 aliphatic heterocycles. The van der Waals surface area contributed by atoms with E-state index in [0.717, 1.165) is 24.7 Å². The molecular formula is C13H26O2. The largest absolute Gasteiger partial charge is 0.368 e. The summed E-state index contributed by atoms with van der Waals surface area (Å²) in [6.07, 6.45) is 4.77. The minimum Gasteiger partial charge on any atom is -0.368 e. The molecule has 0 aromatic carbocycles. The highest BCUT2D eigenvalue weighted by Crippen LogP contribution is 2.38. The molecule has 0 saturated heterocycles. The molecule has 1 aliphatic rings. The summed E-state index contributed by atoms with van der Waals surface area (Å²) in [5.74, 6) is 1.63. The third-order valence-electron chi connectivity index (χ3n) is 3.80. The molecule has 0 amide bonds. The second-order valence-corrected chi connectivity index (χ2v) is 5.51. The van der Waals surface area contributed by atoms with Crippen molar-refractivity contribution in [2.24, 2.45) is 11.8 Å². The van der Waals surface area contributed by atoms with E-state index in [1.165, 1.54) is 12.8 Å². The summed E-state index contributed by atoms with van der Waals surface area (Å²) in [5, 5.41) is 9.53. The van der Waals surface area contributed by atoms with Crippen LogP contribution in [0.4, 0.5) is 0 Å². The lowest BCUT2D eigenvalue weighted by molar-refractivity contribution is -0.193. The van der Waals surface area contributed by atoms with Crippen molar-refractivity contribution in [2.45, 2.75) is 71.7 Å². The normalized spacial score (nSPS) is 34.4. The van der Waals surface area contributed by atoms with E-state index < -0.39 is 6.29 Å². The topological polar surface area (TPSA) is 29.5 Å². The summed E-state index contributed by atoms with van der Waals surface area (Å²) in [6, 6.07) is 0. The number of aliphatic hydroxyl groups is 1. The van der Waals surface area contributed by atoms with Crippen molar-refractivity contribution in [2.75, 3.05) is 0 Å². The van der Waals surface area contributed by atoms with Gasteiger partial charge in [0.25, 0.3) is 0 Å². The minimum absolute atomic E-state index is 0.0825. The molecule has 1 unspecified atom stereocenters. The summed E-state index contributed by atoms with van der Waals surface area (Å²) in [5.41, 5.74) is -0.0825. The first kappa shape index (κ1) is 13.0. The number of hydrogen-bond acceptors (Lipinski definition) is 2. The molecule has 0 spiro atoms. The summed E-state index contributed by atoms with van der Waals surface area (Å²) < 4.78 is 5.71. The van der Waals surface area contributed by atoms with E-state index in [1.807, 2.05) is 6.92 Å². The second-order valence-electron chi connectivity index (χ2n) is 5.51. The molecule has 2 heteroatoms. The van der Waals surface area contributed by atoms with Gasteiger partial charge in [-0.3, -0.25) is 0 Å². The molecule has 2 nitrogen and oxygen atoms in total. The highest BCUT2D eigenvalue weighted by Gasteiger charge is 2.34. The van der Waals surface area contributed by atoms with E-state index >= 15 is 0 Å². The lowest BCUT2D eigenvalue weighted by atomic mass is 9.75. The Kier molecular flexibility index (Phi) is 4.60. The Morgan fingerprint density at radius 3 is 2.27 bits per heavy atom. The third-order valence-corrected chi connectivity index (χ3v) is 3.80. The fourth-order valence-corrected chi connectivity index (χ4v) is 2.45. The molecule has 1 rings (SSSR count). The van der Waals surface area contributed by atoms with Crippen LogP contribution in [0.1, 0.15) is 59.8 Å². The van der Waals surface area contributed by atoms with Crippen LogP contribution in [0.2, 0.25) is 0 Å². The van der Waals surface area contributed by atoms with Gasteiger partial charge >= 0.3 is 0 Å². The molecule has 0 heterocycles. The van der Waals surface area contributed by atoms with Crippen LogP contribution >= 0.6 is 0 Å². The highest BCUT2D eigenvalue weighted by atomic mass is 16.6. The van der Waals surface area contributed by atoms with Gasteiger partial charge in [-0.15, -0.1) is 0 Å². The van der Waals surface area contributed by atoms with Crippen LogP contribution in [0.25, 0.3) is 0 Å². The van der Waals surface area contributed by atoms with Gasteiger partial charge in [-0.25, -0.2) is 0 Å². The summed E-state index contributed by atoms with van der Waals surface area (Å²) >= 11 is 0. The van der Waals surface area contributed by atoms with Crippen molar-refractivity contribution in [3.63, 3.8) is 0 Å². The lowest BCUT2D eigenvalue weighted by Crippen LogP contribution is -2.38. The van der Waals surface area contributed by atoms with Gasteiger partial charge in [-0.1, -0.05) is 20.8 Å². The Morgan fingerprint density at radius 1 is 1.33 bits per heavy atom. The first-order chi connectivity index (χ1) is 6.97. The van der Waals surface area contributed by atoms with Gasteiger partial charge in [0.1, 0.15) is 0 Å². The monoisotopic (exact) mass is 214 g/mol. The number of aliphatic hydroxyl groups excluding tert-OH is 1. The third kappa shape index (κ3) is 3.76. The maximum atomic E-state index is 9.53. The molecule has 0 aromatic heterocycles. The Bertz CT molecular complexity index is 181. The smallest absolute Gasteiger partial charge is 0.155 e. The van der Waals surface area contributed by atoms with E-state index in [2.05, 4.69) is 20.8 Å². The number of ether oxygens (including phenoxy) is 1. The molecule has 0 radical (unpaired) electrons. The SMILES string of the molecule is CCC(O)OC1(C)CCC(C(C)C)CC1. The summed E-state index contributed by atoms with van der Waals surface area (Å²) in [4.78, 5) is 0. The predicted octanol–water partition coefficient (Wildman–Crippen LogP) is 3.34. The van der Waals surface area contributed by atoms with Crippen LogP contribution in [-0.2, 0) is 4.74 Å². The standard InChI is InChI=1S/C13H26O2/c1-5-12(14)15-13(4)8-6-11(7-9-13)10(2)3/h10-12,14H,5-9H2,1-4H3. The zero-order chi connectivity index (χ0) is 11.5. The quantitative estimate of drug-likeness (QED) is 0.727. The summed E-state index contributed by atoms with van der Waals surface area (Å²) in [6.45, 7) is 8.69. The van der Waals surface area contributed by atoms with Crippen LogP contribution in [0.15, 0.2) is 0 Å². The minimum atomic E-state index is -0.578.